The van der Waals surface area contributed by atoms with Crippen molar-refractivity contribution in [3.05, 3.63) is 52.2 Å². The van der Waals surface area contributed by atoms with Crippen LogP contribution in [-0.2, 0) is 19.1 Å². The van der Waals surface area contributed by atoms with E-state index in [0.717, 1.165) is 19.6 Å². The van der Waals surface area contributed by atoms with Gasteiger partial charge in [0.05, 0.1) is 32.2 Å². The molecule has 10 heteroatoms. The molecule has 0 aromatic carbocycles. The van der Waals surface area contributed by atoms with E-state index in [1.807, 2.05) is 0 Å². The topological polar surface area (TPSA) is 125 Å². The molecule has 0 spiro atoms. The van der Waals surface area contributed by atoms with Crippen LogP contribution in [-0.4, -0.2) is 84.1 Å². The monoisotopic (exact) mass is 471 g/mol. The minimum Gasteiger partial charge on any atom is -0.507 e. The number of aryl methyl sites for hydroxylation is 1. The van der Waals surface area contributed by atoms with E-state index < -0.39 is 23.7 Å². The summed E-state index contributed by atoms with van der Waals surface area (Å²) in [6.07, 6.45) is 2.12. The second-order valence-electron chi connectivity index (χ2n) is 8.43. The highest BCUT2D eigenvalue weighted by atomic mass is 16.5. The van der Waals surface area contributed by atoms with Crippen LogP contribution < -0.4 is 0 Å². The third-order valence-corrected chi connectivity index (χ3v) is 6.39. The zero-order valence-electron chi connectivity index (χ0n) is 19.6. The molecule has 2 saturated heterocycles. The van der Waals surface area contributed by atoms with E-state index in [1.165, 1.54) is 18.3 Å². The molecule has 0 radical (unpaired) electrons. The van der Waals surface area contributed by atoms with E-state index in [0.29, 0.717) is 48.8 Å². The predicted molar refractivity (Wildman–Crippen MR) is 121 cm³/mol. The molecule has 0 saturated carbocycles. The van der Waals surface area contributed by atoms with Gasteiger partial charge in [0.1, 0.15) is 23.3 Å². The van der Waals surface area contributed by atoms with E-state index >= 15 is 0 Å². The van der Waals surface area contributed by atoms with E-state index in [2.05, 4.69) is 9.88 Å². The van der Waals surface area contributed by atoms with Gasteiger partial charge in [-0.15, -0.1) is 0 Å². The number of morpholine rings is 1. The number of nitrogens with one attached hydrogen (secondary N) is 1. The van der Waals surface area contributed by atoms with Crippen LogP contribution in [0.4, 0.5) is 0 Å². The lowest BCUT2D eigenvalue weighted by molar-refractivity contribution is -0.140. The molecule has 1 amide bonds. The third-order valence-electron chi connectivity index (χ3n) is 6.39. The number of hydrogen-bond donors (Lipinski definition) is 2. The van der Waals surface area contributed by atoms with Gasteiger partial charge in [-0.2, -0.15) is 0 Å². The predicted octanol–water partition coefficient (Wildman–Crippen LogP) is 2.16. The quantitative estimate of drug-likeness (QED) is 0.272. The molecule has 1 unspecified atom stereocenters. The third kappa shape index (κ3) is 4.26. The molecule has 34 heavy (non-hydrogen) atoms. The number of ketones is 1. The molecule has 182 valence electrons. The van der Waals surface area contributed by atoms with Gasteiger partial charge >= 0.3 is 5.97 Å². The Morgan fingerprint density at radius 1 is 1.24 bits per heavy atom. The van der Waals surface area contributed by atoms with Gasteiger partial charge in [0.15, 0.2) is 0 Å². The Morgan fingerprint density at radius 3 is 2.62 bits per heavy atom. The molecule has 2 N–H and O–H groups in total. The number of rotatable bonds is 7. The minimum absolute atomic E-state index is 0.0621. The Bertz CT molecular complexity index is 1110. The van der Waals surface area contributed by atoms with Crippen molar-refractivity contribution in [1.29, 1.82) is 0 Å². The molecule has 0 bridgehead atoms. The van der Waals surface area contributed by atoms with Crippen molar-refractivity contribution < 1.29 is 33.4 Å². The Labute approximate surface area is 197 Å². The molecule has 0 aliphatic carbocycles. The fourth-order valence-corrected chi connectivity index (χ4v) is 4.69. The van der Waals surface area contributed by atoms with Gasteiger partial charge in [-0.3, -0.25) is 14.5 Å². The summed E-state index contributed by atoms with van der Waals surface area (Å²) in [5.74, 6) is -2.04. The molecule has 2 aromatic rings. The van der Waals surface area contributed by atoms with Gasteiger partial charge in [0.2, 0.25) is 0 Å². The first-order valence-electron chi connectivity index (χ1n) is 11.2. The lowest BCUT2D eigenvalue weighted by Gasteiger charge is -2.28. The molecule has 2 fully saturated rings. The fourth-order valence-electron chi connectivity index (χ4n) is 4.69. The highest BCUT2D eigenvalue weighted by molar-refractivity contribution is 6.46. The number of aromatic amines is 1. The van der Waals surface area contributed by atoms with Crippen molar-refractivity contribution >= 4 is 23.4 Å². The fraction of sp³-hybridized carbons (Fsp3) is 0.458. The van der Waals surface area contributed by atoms with Crippen LogP contribution in [0, 0.1) is 13.8 Å². The maximum atomic E-state index is 13.1. The van der Waals surface area contributed by atoms with E-state index in [9.17, 15) is 19.5 Å². The van der Waals surface area contributed by atoms with E-state index in [1.54, 1.807) is 26.0 Å². The van der Waals surface area contributed by atoms with Crippen molar-refractivity contribution in [1.82, 2.24) is 14.8 Å². The highest BCUT2D eigenvalue weighted by Crippen LogP contribution is 2.41. The molecule has 4 heterocycles. The summed E-state index contributed by atoms with van der Waals surface area (Å²) in [7, 11) is 1.26. The Hall–Kier alpha value is -3.37. The van der Waals surface area contributed by atoms with Crippen molar-refractivity contribution in [3.8, 4) is 0 Å². The molecular weight excluding hydrogens is 442 g/mol. The second kappa shape index (κ2) is 9.86. The van der Waals surface area contributed by atoms with Crippen molar-refractivity contribution in [2.75, 3.05) is 46.5 Å². The van der Waals surface area contributed by atoms with Crippen molar-refractivity contribution in [2.24, 2.45) is 0 Å². The lowest BCUT2D eigenvalue weighted by Crippen LogP contribution is -2.38. The number of H-pyrrole nitrogens is 1. The number of ether oxygens (including phenoxy) is 2. The standard InChI is InChI=1S/C24H29N3O7/c1-14-17(15(2)25-19(14)24(31)32-3)21(28)18-20(16-6-4-11-34-16)27(23(30)22(18)29)8-5-7-26-9-12-33-13-10-26/h4,6,11,20,25,28H,5,7-10,12-13H2,1-3H3/b21-18-. The average Bonchev–Trinajstić information content (AvgIpc) is 3.53. The van der Waals surface area contributed by atoms with Crippen molar-refractivity contribution in [2.45, 2.75) is 26.3 Å². The maximum Gasteiger partial charge on any atom is 0.354 e. The number of furan rings is 1. The summed E-state index contributed by atoms with van der Waals surface area (Å²) in [4.78, 5) is 44.9. The number of methoxy groups -OCH3 is 1. The summed E-state index contributed by atoms with van der Waals surface area (Å²) in [5, 5.41) is 11.3. The molecule has 10 nitrogen and oxygen atoms in total. The zero-order chi connectivity index (χ0) is 24.4. The summed E-state index contributed by atoms with van der Waals surface area (Å²) < 4.78 is 15.7. The second-order valence-corrected chi connectivity index (χ2v) is 8.43. The summed E-state index contributed by atoms with van der Waals surface area (Å²) in [6.45, 7) is 7.42. The lowest BCUT2D eigenvalue weighted by atomic mass is 9.97. The number of hydrogen-bond acceptors (Lipinski definition) is 8. The Morgan fingerprint density at radius 2 is 1.97 bits per heavy atom. The number of nitrogens with zero attached hydrogens (tertiary/aromatic N) is 2. The maximum absolute atomic E-state index is 13.1. The number of aliphatic hydroxyl groups excluding tert-OH is 1. The molecule has 2 aliphatic heterocycles. The molecule has 4 rings (SSSR count). The first-order chi connectivity index (χ1) is 16.3. The van der Waals surface area contributed by atoms with Gasteiger partial charge in [-0.25, -0.2) is 4.79 Å². The largest absolute Gasteiger partial charge is 0.507 e. The number of carbonyl (C=O) groups is 3. The Kier molecular flexibility index (Phi) is 6.90. The Balaban J connectivity index is 1.69. The first kappa shape index (κ1) is 23.8. The van der Waals surface area contributed by atoms with Crippen LogP contribution >= 0.6 is 0 Å². The van der Waals surface area contributed by atoms with E-state index in [-0.39, 0.29) is 17.0 Å². The van der Waals surface area contributed by atoms with Crippen LogP contribution in [0.25, 0.3) is 5.76 Å². The summed E-state index contributed by atoms with van der Waals surface area (Å²) in [6, 6.07) is 2.48. The SMILES string of the molecule is COC(=O)c1[nH]c(C)c(/C(O)=C2/C(=O)C(=O)N(CCCN3CCOCC3)C2c2ccco2)c1C. The number of Topliss-reactive ketones (excluding diaryl/α,β-unsaturated/α-hetero) is 1. The van der Waals surface area contributed by atoms with Crippen LogP contribution in [0.3, 0.4) is 0 Å². The number of likely N-dealkylation sites (tertiary alicyclic amines) is 1. The van der Waals surface area contributed by atoms with Gasteiger partial charge in [0, 0.05) is 37.4 Å². The number of carbonyl (C=O) groups excluding carboxylic acids is 3. The highest BCUT2D eigenvalue weighted by Gasteiger charge is 2.47. The van der Waals surface area contributed by atoms with Crippen LogP contribution in [0.15, 0.2) is 28.4 Å². The van der Waals surface area contributed by atoms with Gasteiger partial charge < -0.3 is 28.9 Å². The van der Waals surface area contributed by atoms with Gasteiger partial charge in [0.25, 0.3) is 11.7 Å². The van der Waals surface area contributed by atoms with Gasteiger partial charge in [-0.1, -0.05) is 0 Å². The summed E-state index contributed by atoms with van der Waals surface area (Å²) in [5.41, 5.74) is 1.32. The van der Waals surface area contributed by atoms with Crippen molar-refractivity contribution in [3.63, 3.8) is 0 Å². The number of aromatic nitrogens is 1. The normalized spacial score (nSPS) is 20.8. The van der Waals surface area contributed by atoms with Crippen LogP contribution in [0.5, 0.6) is 0 Å². The van der Waals surface area contributed by atoms with Gasteiger partial charge in [-0.05, 0) is 38.0 Å². The number of aliphatic hydroxyl groups is 1. The molecule has 1 atom stereocenters. The van der Waals surface area contributed by atoms with Crippen LogP contribution in [0.2, 0.25) is 0 Å². The van der Waals surface area contributed by atoms with E-state index in [4.69, 9.17) is 13.9 Å². The zero-order valence-corrected chi connectivity index (χ0v) is 19.6. The van der Waals surface area contributed by atoms with Crippen LogP contribution in [0.1, 0.15) is 45.5 Å². The minimum atomic E-state index is -0.866. The first-order valence-corrected chi connectivity index (χ1v) is 11.2. The molecular formula is C24H29N3O7. The average molecular weight is 472 g/mol. The molecule has 2 aromatic heterocycles. The molecule has 2 aliphatic rings. The summed E-state index contributed by atoms with van der Waals surface area (Å²) >= 11 is 0. The number of esters is 1. The number of amides is 1. The smallest absolute Gasteiger partial charge is 0.354 e.